The number of ether oxygens (including phenoxy) is 1. The molecule has 0 fully saturated rings. The van der Waals surface area contributed by atoms with Crippen LogP contribution in [0, 0.1) is 5.41 Å². The number of nitrogens with one attached hydrogen (secondary N) is 1. The molecule has 0 bridgehead atoms. The highest BCUT2D eigenvalue weighted by atomic mass is 16.6. The number of carbonyl (C=O) groups is 1. The van der Waals surface area contributed by atoms with Gasteiger partial charge >= 0.3 is 6.09 Å². The Labute approximate surface area is 180 Å². The molecule has 3 atom stereocenters. The molecule has 0 saturated carbocycles. The lowest BCUT2D eigenvalue weighted by Gasteiger charge is -2.43. The van der Waals surface area contributed by atoms with Crippen LogP contribution in [0.2, 0.25) is 0 Å². The van der Waals surface area contributed by atoms with Crippen LogP contribution in [0.5, 0.6) is 0 Å². The van der Waals surface area contributed by atoms with Gasteiger partial charge in [-0.2, -0.15) is 0 Å². The largest absolute Gasteiger partial charge is 0.443 e. The van der Waals surface area contributed by atoms with E-state index in [1.54, 1.807) is 0 Å². The van der Waals surface area contributed by atoms with Crippen molar-refractivity contribution in [3.63, 3.8) is 0 Å². The van der Waals surface area contributed by atoms with Crippen molar-refractivity contribution in [2.75, 3.05) is 0 Å². The lowest BCUT2D eigenvalue weighted by atomic mass is 9.78. The van der Waals surface area contributed by atoms with Crippen molar-refractivity contribution >= 4 is 6.09 Å². The number of carbonyl (C=O) groups excluding carboxylic acids is 1. The fourth-order valence-corrected chi connectivity index (χ4v) is 3.83. The third-order valence-corrected chi connectivity index (χ3v) is 5.24. The quantitative estimate of drug-likeness (QED) is 0.579. The molecule has 164 valence electrons. The summed E-state index contributed by atoms with van der Waals surface area (Å²) in [4.78, 5) is 11.6. The maximum Gasteiger partial charge on any atom is 0.404 e. The number of rotatable bonds is 9. The van der Waals surface area contributed by atoms with Crippen molar-refractivity contribution in [3.05, 3.63) is 71.8 Å². The SMILES string of the molecule is CC(C)(Cc1ccccc1)NC([C@@H](O)[C@H](Cc1ccccc1)OC(N)=O)C(C)(C)C. The van der Waals surface area contributed by atoms with Gasteiger partial charge in [0.2, 0.25) is 0 Å². The van der Waals surface area contributed by atoms with E-state index in [9.17, 15) is 9.90 Å². The number of nitrogens with two attached hydrogens (primary N) is 1. The molecule has 0 spiro atoms. The van der Waals surface area contributed by atoms with E-state index < -0.39 is 18.3 Å². The summed E-state index contributed by atoms with van der Waals surface area (Å²) in [5.41, 5.74) is 6.94. The van der Waals surface area contributed by atoms with Crippen LogP contribution in [0.15, 0.2) is 60.7 Å². The minimum Gasteiger partial charge on any atom is -0.443 e. The Kier molecular flexibility index (Phi) is 8.04. The van der Waals surface area contributed by atoms with E-state index in [0.717, 1.165) is 12.0 Å². The van der Waals surface area contributed by atoms with E-state index in [1.807, 2.05) is 48.5 Å². The summed E-state index contributed by atoms with van der Waals surface area (Å²) in [7, 11) is 0. The Morgan fingerprint density at radius 3 is 1.93 bits per heavy atom. The van der Waals surface area contributed by atoms with Gasteiger partial charge in [0, 0.05) is 18.0 Å². The number of primary amides is 1. The van der Waals surface area contributed by atoms with Crippen LogP contribution in [0.1, 0.15) is 45.7 Å². The van der Waals surface area contributed by atoms with Crippen LogP contribution in [0.3, 0.4) is 0 Å². The second kappa shape index (κ2) is 10.1. The molecule has 0 aliphatic rings. The van der Waals surface area contributed by atoms with Gasteiger partial charge in [-0.15, -0.1) is 0 Å². The number of hydrogen-bond acceptors (Lipinski definition) is 4. The van der Waals surface area contributed by atoms with Gasteiger partial charge in [-0.3, -0.25) is 0 Å². The van der Waals surface area contributed by atoms with Crippen molar-refractivity contribution in [1.29, 1.82) is 0 Å². The van der Waals surface area contributed by atoms with Crippen LogP contribution >= 0.6 is 0 Å². The summed E-state index contributed by atoms with van der Waals surface area (Å²) >= 11 is 0. The fraction of sp³-hybridized carbons (Fsp3) is 0.480. The highest BCUT2D eigenvalue weighted by Crippen LogP contribution is 2.28. The van der Waals surface area contributed by atoms with Gasteiger partial charge in [0.15, 0.2) is 0 Å². The topological polar surface area (TPSA) is 84.6 Å². The average molecular weight is 413 g/mol. The zero-order valence-electron chi connectivity index (χ0n) is 18.8. The predicted octanol–water partition coefficient (Wildman–Crippen LogP) is 4.08. The van der Waals surface area contributed by atoms with Crippen molar-refractivity contribution in [1.82, 2.24) is 5.32 Å². The second-order valence-electron chi connectivity index (χ2n) is 9.69. The summed E-state index contributed by atoms with van der Waals surface area (Å²) in [6.07, 6.45) is -1.39. The standard InChI is InChI=1S/C25H36N2O3/c1-24(2,3)22(27-25(4,5)17-19-14-10-7-11-15-19)21(28)20(30-23(26)29)16-18-12-8-6-9-13-18/h6-15,20-22,27-28H,16-17H2,1-5H3,(H2,26,29)/t20-,21-,22?/m0/s1. The Morgan fingerprint density at radius 1 is 0.967 bits per heavy atom. The maximum absolute atomic E-state index is 11.6. The van der Waals surface area contributed by atoms with Gasteiger partial charge in [-0.1, -0.05) is 81.4 Å². The predicted molar refractivity (Wildman–Crippen MR) is 121 cm³/mol. The van der Waals surface area contributed by atoms with Crippen LogP contribution in [-0.4, -0.2) is 35.0 Å². The summed E-state index contributed by atoms with van der Waals surface area (Å²) in [5, 5.41) is 15.0. The zero-order chi connectivity index (χ0) is 22.4. The number of aliphatic hydroxyl groups excluding tert-OH is 1. The van der Waals surface area contributed by atoms with Crippen molar-refractivity contribution in [2.45, 2.75) is 71.2 Å². The summed E-state index contributed by atoms with van der Waals surface area (Å²) in [6, 6.07) is 19.6. The molecule has 0 saturated heterocycles. The van der Waals surface area contributed by atoms with Gasteiger partial charge in [0.05, 0.1) is 0 Å². The smallest absolute Gasteiger partial charge is 0.404 e. The summed E-state index contributed by atoms with van der Waals surface area (Å²) in [5.74, 6) is 0. The van der Waals surface area contributed by atoms with Crippen LogP contribution < -0.4 is 11.1 Å². The lowest BCUT2D eigenvalue weighted by Crippen LogP contribution is -2.60. The van der Waals surface area contributed by atoms with Crippen LogP contribution in [-0.2, 0) is 17.6 Å². The Balaban J connectivity index is 2.24. The first-order valence-corrected chi connectivity index (χ1v) is 10.5. The second-order valence-corrected chi connectivity index (χ2v) is 9.69. The zero-order valence-corrected chi connectivity index (χ0v) is 18.8. The molecule has 0 heterocycles. The molecule has 1 unspecified atom stereocenters. The first-order valence-electron chi connectivity index (χ1n) is 10.5. The summed E-state index contributed by atoms with van der Waals surface area (Å²) in [6.45, 7) is 10.4. The molecule has 4 N–H and O–H groups in total. The van der Waals surface area contributed by atoms with Crippen molar-refractivity contribution < 1.29 is 14.6 Å². The lowest BCUT2D eigenvalue weighted by molar-refractivity contribution is -0.0416. The molecule has 2 aromatic carbocycles. The van der Waals surface area contributed by atoms with Gasteiger partial charge in [0.25, 0.3) is 0 Å². The molecule has 0 aliphatic heterocycles. The molecule has 5 nitrogen and oxygen atoms in total. The minimum atomic E-state index is -0.937. The van der Waals surface area contributed by atoms with Crippen molar-refractivity contribution in [3.8, 4) is 0 Å². The molecule has 0 aromatic heterocycles. The van der Waals surface area contributed by atoms with Gasteiger partial charge in [-0.25, -0.2) is 4.79 Å². The molecule has 2 aromatic rings. The Morgan fingerprint density at radius 2 is 1.47 bits per heavy atom. The highest BCUT2D eigenvalue weighted by molar-refractivity contribution is 5.64. The normalized spacial score (nSPS) is 15.3. The van der Waals surface area contributed by atoms with Gasteiger partial charge < -0.3 is 20.9 Å². The van der Waals surface area contributed by atoms with Crippen LogP contribution in [0.25, 0.3) is 0 Å². The molecule has 2 rings (SSSR count). The molecule has 0 radical (unpaired) electrons. The molecule has 30 heavy (non-hydrogen) atoms. The number of amides is 1. The van der Waals surface area contributed by atoms with Crippen LogP contribution in [0.4, 0.5) is 4.79 Å². The average Bonchev–Trinajstić information content (AvgIpc) is 2.65. The third kappa shape index (κ3) is 7.47. The molecule has 1 amide bonds. The van der Waals surface area contributed by atoms with E-state index in [2.05, 4.69) is 52.1 Å². The number of benzene rings is 2. The maximum atomic E-state index is 11.6. The van der Waals surface area contributed by atoms with Gasteiger partial charge in [-0.05, 0) is 36.8 Å². The van der Waals surface area contributed by atoms with Crippen molar-refractivity contribution in [2.24, 2.45) is 11.1 Å². The minimum absolute atomic E-state index is 0.287. The van der Waals surface area contributed by atoms with Gasteiger partial charge in [0.1, 0.15) is 12.2 Å². The monoisotopic (exact) mass is 412 g/mol. The van der Waals surface area contributed by atoms with E-state index in [1.165, 1.54) is 5.56 Å². The summed E-state index contributed by atoms with van der Waals surface area (Å²) < 4.78 is 5.37. The molecular weight excluding hydrogens is 376 g/mol. The Bertz CT molecular complexity index is 785. The number of aliphatic hydroxyl groups is 1. The Hall–Kier alpha value is -2.37. The van der Waals surface area contributed by atoms with E-state index in [-0.39, 0.29) is 17.0 Å². The number of hydrogen-bond donors (Lipinski definition) is 3. The van der Waals surface area contributed by atoms with E-state index in [4.69, 9.17) is 10.5 Å². The van der Waals surface area contributed by atoms with E-state index >= 15 is 0 Å². The first kappa shape index (κ1) is 23.9. The molecule has 5 heteroatoms. The molecule has 0 aliphatic carbocycles. The molecular formula is C25H36N2O3. The fourth-order valence-electron chi connectivity index (χ4n) is 3.83. The van der Waals surface area contributed by atoms with E-state index in [0.29, 0.717) is 6.42 Å². The highest BCUT2D eigenvalue weighted by Gasteiger charge is 2.40. The first-order chi connectivity index (χ1) is 14.0. The third-order valence-electron chi connectivity index (χ3n) is 5.24.